The molecule has 1 aliphatic carbocycles. The van der Waals surface area contributed by atoms with E-state index in [1.807, 2.05) is 12.1 Å². The Bertz CT molecular complexity index is 528. The third-order valence-corrected chi connectivity index (χ3v) is 5.20. The lowest BCUT2D eigenvalue weighted by atomic mass is 10.1. The van der Waals surface area contributed by atoms with E-state index in [0.29, 0.717) is 18.4 Å². The van der Waals surface area contributed by atoms with Crippen LogP contribution in [0.5, 0.6) is 0 Å². The fourth-order valence-corrected chi connectivity index (χ4v) is 3.94. The molecule has 96 valence electrons. The first-order valence-corrected chi connectivity index (χ1v) is 7.64. The van der Waals surface area contributed by atoms with Gasteiger partial charge in [0.1, 0.15) is 6.04 Å². The molecule has 1 saturated carbocycles. The Hall–Kier alpha value is -1.38. The summed E-state index contributed by atoms with van der Waals surface area (Å²) in [5.41, 5.74) is 0.682. The average Bonchev–Trinajstić information content (AvgIpc) is 2.92. The molecule has 0 amide bonds. The molecule has 1 aliphatic rings. The third kappa shape index (κ3) is 2.89. The van der Waals surface area contributed by atoms with Crippen molar-refractivity contribution in [3.63, 3.8) is 0 Å². The maximum atomic E-state index is 12.1. The molecular weight excluding hydrogens is 248 g/mol. The SMILES string of the molecule is N#CC(NS(=O)(=O)C1CCCC1)c1ccccc1. The van der Waals surface area contributed by atoms with Crippen LogP contribution in [0.25, 0.3) is 0 Å². The van der Waals surface area contributed by atoms with Crippen LogP contribution in [-0.4, -0.2) is 13.7 Å². The van der Waals surface area contributed by atoms with Crippen molar-refractivity contribution in [1.82, 2.24) is 4.72 Å². The van der Waals surface area contributed by atoms with E-state index in [2.05, 4.69) is 4.72 Å². The molecule has 0 aliphatic heterocycles. The van der Waals surface area contributed by atoms with Crippen LogP contribution in [0.4, 0.5) is 0 Å². The van der Waals surface area contributed by atoms with E-state index >= 15 is 0 Å². The largest absolute Gasteiger partial charge is 0.215 e. The standard InChI is InChI=1S/C13H16N2O2S/c14-10-13(11-6-2-1-3-7-11)15-18(16,17)12-8-4-5-9-12/h1-3,6-7,12-13,15H,4-5,8-9H2. The van der Waals surface area contributed by atoms with E-state index in [4.69, 9.17) is 5.26 Å². The monoisotopic (exact) mass is 264 g/mol. The van der Waals surface area contributed by atoms with E-state index in [0.717, 1.165) is 12.8 Å². The molecule has 1 fully saturated rings. The first kappa shape index (κ1) is 13.1. The molecule has 5 heteroatoms. The van der Waals surface area contributed by atoms with Gasteiger partial charge < -0.3 is 0 Å². The predicted molar refractivity (Wildman–Crippen MR) is 69.1 cm³/mol. The van der Waals surface area contributed by atoms with Gasteiger partial charge in [0, 0.05) is 0 Å². The Morgan fingerprint density at radius 3 is 2.39 bits per heavy atom. The zero-order valence-corrected chi connectivity index (χ0v) is 10.9. The van der Waals surface area contributed by atoms with Crippen molar-refractivity contribution in [2.24, 2.45) is 0 Å². The van der Waals surface area contributed by atoms with Gasteiger partial charge in [-0.1, -0.05) is 43.2 Å². The molecule has 1 aromatic carbocycles. The summed E-state index contributed by atoms with van der Waals surface area (Å²) in [7, 11) is -3.39. The van der Waals surface area contributed by atoms with E-state index in [1.54, 1.807) is 24.3 Å². The van der Waals surface area contributed by atoms with Gasteiger partial charge in [0.15, 0.2) is 0 Å². The zero-order chi connectivity index (χ0) is 13.0. The number of sulfonamides is 1. The molecule has 0 bridgehead atoms. The van der Waals surface area contributed by atoms with Crippen molar-refractivity contribution >= 4 is 10.0 Å². The smallest absolute Gasteiger partial charge is 0.212 e. The molecule has 2 rings (SSSR count). The summed E-state index contributed by atoms with van der Waals surface area (Å²) in [6, 6.07) is 10.2. The van der Waals surface area contributed by atoms with Gasteiger partial charge in [-0.15, -0.1) is 0 Å². The molecular formula is C13H16N2O2S. The maximum Gasteiger partial charge on any atom is 0.215 e. The van der Waals surface area contributed by atoms with E-state index in [1.165, 1.54) is 0 Å². The third-order valence-electron chi connectivity index (χ3n) is 3.29. The lowest BCUT2D eigenvalue weighted by Crippen LogP contribution is -2.35. The van der Waals surface area contributed by atoms with Crippen LogP contribution in [-0.2, 0) is 10.0 Å². The Morgan fingerprint density at radius 2 is 1.83 bits per heavy atom. The van der Waals surface area contributed by atoms with Crippen LogP contribution in [0.1, 0.15) is 37.3 Å². The quantitative estimate of drug-likeness (QED) is 0.905. The second-order valence-electron chi connectivity index (χ2n) is 4.54. The van der Waals surface area contributed by atoms with Crippen LogP contribution in [0, 0.1) is 11.3 Å². The van der Waals surface area contributed by atoms with Gasteiger partial charge in [0.2, 0.25) is 10.0 Å². The number of rotatable bonds is 4. The minimum atomic E-state index is -3.39. The molecule has 1 atom stereocenters. The molecule has 0 spiro atoms. The minimum Gasteiger partial charge on any atom is -0.212 e. The zero-order valence-electron chi connectivity index (χ0n) is 10.0. The van der Waals surface area contributed by atoms with Crippen molar-refractivity contribution in [3.05, 3.63) is 35.9 Å². The highest BCUT2D eigenvalue weighted by Crippen LogP contribution is 2.25. The summed E-state index contributed by atoms with van der Waals surface area (Å²) in [5.74, 6) is 0. The van der Waals surface area contributed by atoms with Crippen molar-refractivity contribution in [2.75, 3.05) is 0 Å². The van der Waals surface area contributed by atoms with Crippen molar-refractivity contribution in [3.8, 4) is 6.07 Å². The number of nitriles is 1. The first-order valence-electron chi connectivity index (χ1n) is 6.09. The Balaban J connectivity index is 2.14. The Kier molecular flexibility index (Phi) is 4.00. The van der Waals surface area contributed by atoms with E-state index in [-0.39, 0.29) is 5.25 Å². The molecule has 0 aromatic heterocycles. The number of nitrogens with zero attached hydrogens (tertiary/aromatic N) is 1. The molecule has 4 nitrogen and oxygen atoms in total. The van der Waals surface area contributed by atoms with Crippen molar-refractivity contribution < 1.29 is 8.42 Å². The van der Waals surface area contributed by atoms with Gasteiger partial charge in [-0.25, -0.2) is 8.42 Å². The van der Waals surface area contributed by atoms with Gasteiger partial charge in [-0.3, -0.25) is 0 Å². The second-order valence-corrected chi connectivity index (χ2v) is 6.53. The Labute approximate surface area is 108 Å². The van der Waals surface area contributed by atoms with E-state index < -0.39 is 16.1 Å². The van der Waals surface area contributed by atoms with Crippen LogP contribution >= 0.6 is 0 Å². The van der Waals surface area contributed by atoms with E-state index in [9.17, 15) is 8.42 Å². The average molecular weight is 264 g/mol. The summed E-state index contributed by atoms with van der Waals surface area (Å²) in [6.45, 7) is 0. The summed E-state index contributed by atoms with van der Waals surface area (Å²) in [4.78, 5) is 0. The maximum absolute atomic E-state index is 12.1. The molecule has 1 unspecified atom stereocenters. The highest BCUT2D eigenvalue weighted by Gasteiger charge is 2.30. The lowest BCUT2D eigenvalue weighted by molar-refractivity contribution is 0.558. The molecule has 1 aromatic rings. The number of hydrogen-bond donors (Lipinski definition) is 1. The fourth-order valence-electron chi connectivity index (χ4n) is 2.27. The van der Waals surface area contributed by atoms with Gasteiger partial charge in [0.25, 0.3) is 0 Å². The minimum absolute atomic E-state index is 0.336. The Morgan fingerprint density at radius 1 is 1.22 bits per heavy atom. The highest BCUT2D eigenvalue weighted by molar-refractivity contribution is 7.90. The first-order chi connectivity index (χ1) is 8.63. The van der Waals surface area contributed by atoms with Gasteiger partial charge >= 0.3 is 0 Å². The van der Waals surface area contributed by atoms with Crippen LogP contribution in [0.15, 0.2) is 30.3 Å². The van der Waals surface area contributed by atoms with Gasteiger partial charge in [0.05, 0.1) is 11.3 Å². The fraction of sp³-hybridized carbons (Fsp3) is 0.462. The molecule has 18 heavy (non-hydrogen) atoms. The summed E-state index contributed by atoms with van der Waals surface area (Å²) in [6.07, 6.45) is 3.30. The van der Waals surface area contributed by atoms with Crippen molar-refractivity contribution in [2.45, 2.75) is 37.0 Å². The summed E-state index contributed by atoms with van der Waals surface area (Å²) < 4.78 is 26.7. The topological polar surface area (TPSA) is 70.0 Å². The number of hydrogen-bond acceptors (Lipinski definition) is 3. The summed E-state index contributed by atoms with van der Waals surface area (Å²) in [5, 5.41) is 8.77. The molecule has 0 radical (unpaired) electrons. The lowest BCUT2D eigenvalue weighted by Gasteiger charge is -2.16. The van der Waals surface area contributed by atoms with Crippen LogP contribution < -0.4 is 4.72 Å². The van der Waals surface area contributed by atoms with Gasteiger partial charge in [-0.05, 0) is 18.4 Å². The van der Waals surface area contributed by atoms with Crippen molar-refractivity contribution in [1.29, 1.82) is 5.26 Å². The normalized spacial score (nSPS) is 18.4. The molecule has 0 saturated heterocycles. The van der Waals surface area contributed by atoms with Gasteiger partial charge in [-0.2, -0.15) is 9.98 Å². The molecule has 0 heterocycles. The van der Waals surface area contributed by atoms with Crippen LogP contribution in [0.3, 0.4) is 0 Å². The second kappa shape index (κ2) is 5.51. The van der Waals surface area contributed by atoms with Crippen LogP contribution in [0.2, 0.25) is 0 Å². The number of benzene rings is 1. The number of nitrogens with one attached hydrogen (secondary N) is 1. The predicted octanol–water partition coefficient (Wildman–Crippen LogP) is 2.11. The summed E-state index contributed by atoms with van der Waals surface area (Å²) >= 11 is 0. The highest BCUT2D eigenvalue weighted by atomic mass is 32.2. The molecule has 1 N–H and O–H groups in total.